The van der Waals surface area contributed by atoms with E-state index in [1.165, 1.54) is 0 Å². The zero-order valence-electron chi connectivity index (χ0n) is 5.70. The first-order valence-electron chi connectivity index (χ1n) is 3.34. The summed E-state index contributed by atoms with van der Waals surface area (Å²) in [6.07, 6.45) is 0. The van der Waals surface area contributed by atoms with Crippen LogP contribution in [0.3, 0.4) is 0 Å². The van der Waals surface area contributed by atoms with Crippen LogP contribution in [0.15, 0.2) is 0 Å². The van der Waals surface area contributed by atoms with E-state index in [4.69, 9.17) is 0 Å². The Balaban J connectivity index is 2.22. The summed E-state index contributed by atoms with van der Waals surface area (Å²) in [6.45, 7) is 0. The van der Waals surface area contributed by atoms with Gasteiger partial charge in [0.05, 0.1) is 23.6 Å². The maximum Gasteiger partial charge on any atom is 0.315 e. The summed E-state index contributed by atoms with van der Waals surface area (Å²) in [5.74, 6) is 0.160. The maximum atomic E-state index is 11.0. The number of rotatable bonds is 0. The normalized spacial score (nSPS) is 39.5. The molecule has 2 aliphatic heterocycles. The van der Waals surface area contributed by atoms with Crippen LogP contribution >= 0.6 is 0 Å². The molecule has 2 aliphatic rings. The number of carbonyl (C=O) groups excluding carboxylic acids is 1. The summed E-state index contributed by atoms with van der Waals surface area (Å²) < 4.78 is 21.9. The fourth-order valence-electron chi connectivity index (χ4n) is 1.51. The van der Waals surface area contributed by atoms with E-state index in [2.05, 4.69) is 10.6 Å². The van der Waals surface area contributed by atoms with Gasteiger partial charge in [-0.15, -0.1) is 0 Å². The second kappa shape index (κ2) is 1.88. The molecular weight excluding hydrogens is 168 g/mol. The molecule has 2 heterocycles. The number of amides is 2. The second-order valence-corrected chi connectivity index (χ2v) is 5.06. The molecule has 0 radical (unpaired) electrons. The zero-order valence-corrected chi connectivity index (χ0v) is 6.52. The summed E-state index contributed by atoms with van der Waals surface area (Å²) in [7, 11) is -2.91. The van der Waals surface area contributed by atoms with Crippen molar-refractivity contribution in [2.24, 2.45) is 0 Å². The number of nitrogens with one attached hydrogen (secondary N) is 2. The third-order valence-electron chi connectivity index (χ3n) is 1.99. The molecule has 0 saturated carbocycles. The standard InChI is InChI=1S/C5H8N2O3S/c8-5-6-3-1-11(9,10)2-4(3)7-5/h3-4H,1-2H2,(H2,6,7,8)/t3-,4+. The van der Waals surface area contributed by atoms with Crippen LogP contribution in [0.5, 0.6) is 0 Å². The summed E-state index contributed by atoms with van der Waals surface area (Å²) in [4.78, 5) is 10.7. The van der Waals surface area contributed by atoms with Crippen molar-refractivity contribution in [3.8, 4) is 0 Å². The van der Waals surface area contributed by atoms with Gasteiger partial charge in [0, 0.05) is 0 Å². The summed E-state index contributed by atoms with van der Waals surface area (Å²) >= 11 is 0. The molecule has 0 aromatic heterocycles. The monoisotopic (exact) mass is 176 g/mol. The average Bonchev–Trinajstić information content (AvgIpc) is 2.17. The van der Waals surface area contributed by atoms with Crippen molar-refractivity contribution < 1.29 is 13.2 Å². The predicted octanol–water partition coefficient (Wildman–Crippen LogP) is -1.54. The van der Waals surface area contributed by atoms with E-state index in [-0.39, 0.29) is 29.6 Å². The predicted molar refractivity (Wildman–Crippen MR) is 37.9 cm³/mol. The van der Waals surface area contributed by atoms with Gasteiger partial charge < -0.3 is 10.6 Å². The van der Waals surface area contributed by atoms with E-state index in [1.54, 1.807) is 0 Å². The molecule has 2 atom stereocenters. The lowest BCUT2D eigenvalue weighted by atomic mass is 10.2. The summed E-state index contributed by atoms with van der Waals surface area (Å²) in [5.41, 5.74) is 0. The topological polar surface area (TPSA) is 75.3 Å². The lowest BCUT2D eigenvalue weighted by molar-refractivity contribution is 0.247. The van der Waals surface area contributed by atoms with Crippen molar-refractivity contribution >= 4 is 15.9 Å². The highest BCUT2D eigenvalue weighted by Crippen LogP contribution is 2.15. The van der Waals surface area contributed by atoms with Crippen molar-refractivity contribution in [3.05, 3.63) is 0 Å². The SMILES string of the molecule is O=C1N[C@H]2CS(=O)(=O)C[C@H]2N1. The van der Waals surface area contributed by atoms with E-state index in [0.717, 1.165) is 0 Å². The number of sulfone groups is 1. The van der Waals surface area contributed by atoms with Crippen LogP contribution in [-0.4, -0.2) is 38.0 Å². The lowest BCUT2D eigenvalue weighted by Crippen LogP contribution is -2.31. The Kier molecular flexibility index (Phi) is 1.18. The van der Waals surface area contributed by atoms with Gasteiger partial charge in [-0.05, 0) is 0 Å². The molecule has 0 aromatic rings. The molecule has 6 heteroatoms. The largest absolute Gasteiger partial charge is 0.332 e. The molecule has 0 bridgehead atoms. The molecule has 11 heavy (non-hydrogen) atoms. The summed E-state index contributed by atoms with van der Waals surface area (Å²) in [5, 5.41) is 5.08. The van der Waals surface area contributed by atoms with E-state index in [0.29, 0.717) is 0 Å². The number of hydrogen-bond donors (Lipinski definition) is 2. The van der Waals surface area contributed by atoms with Crippen LogP contribution < -0.4 is 10.6 Å². The van der Waals surface area contributed by atoms with Gasteiger partial charge in [0.1, 0.15) is 0 Å². The fourth-order valence-corrected chi connectivity index (χ4v) is 3.37. The molecule has 2 saturated heterocycles. The maximum absolute atomic E-state index is 11.0. The van der Waals surface area contributed by atoms with Gasteiger partial charge in [-0.25, -0.2) is 13.2 Å². The second-order valence-electron chi connectivity index (χ2n) is 2.91. The zero-order chi connectivity index (χ0) is 8.06. The minimum atomic E-state index is -2.91. The highest BCUT2D eigenvalue weighted by Gasteiger charge is 2.43. The highest BCUT2D eigenvalue weighted by molar-refractivity contribution is 7.91. The Morgan fingerprint density at radius 3 is 2.09 bits per heavy atom. The smallest absolute Gasteiger partial charge is 0.315 e. The van der Waals surface area contributed by atoms with E-state index >= 15 is 0 Å². The van der Waals surface area contributed by atoms with Crippen LogP contribution in [0.4, 0.5) is 4.79 Å². The molecule has 2 fully saturated rings. The molecule has 0 spiro atoms. The number of hydrogen-bond acceptors (Lipinski definition) is 3. The van der Waals surface area contributed by atoms with Crippen molar-refractivity contribution in [3.63, 3.8) is 0 Å². The van der Waals surface area contributed by atoms with Crippen molar-refractivity contribution in [2.75, 3.05) is 11.5 Å². The van der Waals surface area contributed by atoms with E-state index < -0.39 is 9.84 Å². The van der Waals surface area contributed by atoms with E-state index in [9.17, 15) is 13.2 Å². The Labute approximate surface area is 64.1 Å². The first-order valence-corrected chi connectivity index (χ1v) is 5.16. The van der Waals surface area contributed by atoms with Crippen molar-refractivity contribution in [1.29, 1.82) is 0 Å². The molecule has 62 valence electrons. The molecule has 0 unspecified atom stereocenters. The molecule has 2 rings (SSSR count). The van der Waals surface area contributed by atoms with Crippen LogP contribution in [0.1, 0.15) is 0 Å². The van der Waals surface area contributed by atoms with Gasteiger partial charge >= 0.3 is 6.03 Å². The van der Waals surface area contributed by atoms with Crippen LogP contribution in [0.25, 0.3) is 0 Å². The van der Waals surface area contributed by atoms with E-state index in [1.807, 2.05) is 0 Å². The van der Waals surface area contributed by atoms with Gasteiger partial charge in [-0.3, -0.25) is 0 Å². The highest BCUT2D eigenvalue weighted by atomic mass is 32.2. The molecule has 5 nitrogen and oxygen atoms in total. The van der Waals surface area contributed by atoms with Crippen molar-refractivity contribution in [1.82, 2.24) is 10.6 Å². The molecule has 0 aliphatic carbocycles. The minimum absolute atomic E-state index is 0.0798. The van der Waals surface area contributed by atoms with Gasteiger partial charge in [0.25, 0.3) is 0 Å². The third-order valence-corrected chi connectivity index (χ3v) is 3.72. The molecule has 0 aromatic carbocycles. The summed E-state index contributed by atoms with van der Waals surface area (Å²) in [6, 6.07) is -0.658. The van der Waals surface area contributed by atoms with Crippen molar-refractivity contribution in [2.45, 2.75) is 12.1 Å². The first kappa shape index (κ1) is 6.90. The Hall–Kier alpha value is -0.780. The van der Waals surface area contributed by atoms with Crippen LogP contribution in [0, 0.1) is 0 Å². The van der Waals surface area contributed by atoms with Crippen LogP contribution in [0.2, 0.25) is 0 Å². The molecule has 2 N–H and O–H groups in total. The number of urea groups is 1. The number of carbonyl (C=O) groups is 1. The Morgan fingerprint density at radius 2 is 1.64 bits per heavy atom. The van der Waals surface area contributed by atoms with Gasteiger partial charge in [0.15, 0.2) is 9.84 Å². The van der Waals surface area contributed by atoms with Gasteiger partial charge in [-0.2, -0.15) is 0 Å². The average molecular weight is 176 g/mol. The van der Waals surface area contributed by atoms with Crippen LogP contribution in [-0.2, 0) is 9.84 Å². The molecule has 2 amide bonds. The Bertz CT molecular complexity index is 275. The quantitative estimate of drug-likeness (QED) is 0.439. The van der Waals surface area contributed by atoms with Gasteiger partial charge in [0.2, 0.25) is 0 Å². The number of fused-ring (bicyclic) bond motifs is 1. The fraction of sp³-hybridized carbons (Fsp3) is 0.800. The van der Waals surface area contributed by atoms with Gasteiger partial charge in [-0.1, -0.05) is 0 Å². The Morgan fingerprint density at radius 1 is 1.18 bits per heavy atom. The lowest BCUT2D eigenvalue weighted by Gasteiger charge is -2.01. The first-order chi connectivity index (χ1) is 5.07. The minimum Gasteiger partial charge on any atom is -0.332 e. The molecular formula is C5H8N2O3S. The third kappa shape index (κ3) is 1.07.